The van der Waals surface area contributed by atoms with E-state index in [2.05, 4.69) is 5.10 Å². The Bertz CT molecular complexity index is 1220. The Kier molecular flexibility index (Phi) is 5.28. The van der Waals surface area contributed by atoms with Crippen molar-refractivity contribution in [1.29, 1.82) is 5.26 Å². The molecule has 0 saturated heterocycles. The highest BCUT2D eigenvalue weighted by Crippen LogP contribution is 2.17. The highest BCUT2D eigenvalue weighted by Gasteiger charge is 2.21. The van der Waals surface area contributed by atoms with E-state index in [-0.39, 0.29) is 16.8 Å². The smallest absolute Gasteiger partial charge is 0.357 e. The van der Waals surface area contributed by atoms with E-state index in [0.29, 0.717) is 11.3 Å². The maximum Gasteiger partial charge on any atom is 0.357 e. The van der Waals surface area contributed by atoms with Crippen LogP contribution in [0.25, 0.3) is 17.8 Å². The fourth-order valence-corrected chi connectivity index (χ4v) is 2.60. The predicted molar refractivity (Wildman–Crippen MR) is 104 cm³/mol. The number of rotatable bonds is 5. The minimum Gasteiger partial charge on any atom is -0.476 e. The molecule has 0 fully saturated rings. The van der Waals surface area contributed by atoms with Gasteiger partial charge in [-0.2, -0.15) is 15.0 Å². The van der Waals surface area contributed by atoms with Crippen LogP contribution in [0.1, 0.15) is 27.2 Å². The fourth-order valence-electron chi connectivity index (χ4n) is 2.60. The lowest BCUT2D eigenvalue weighted by Crippen LogP contribution is -2.28. The first-order chi connectivity index (χ1) is 13.9. The van der Waals surface area contributed by atoms with Crippen molar-refractivity contribution < 1.29 is 14.8 Å². The van der Waals surface area contributed by atoms with E-state index in [0.717, 1.165) is 4.68 Å². The number of aromatic carboxylic acids is 1. The molecule has 2 aromatic carbocycles. The van der Waals surface area contributed by atoms with E-state index in [1.165, 1.54) is 36.4 Å². The quantitative estimate of drug-likeness (QED) is 0.523. The molecule has 0 aliphatic carbocycles. The second kappa shape index (κ2) is 7.98. The molecule has 0 atom stereocenters. The van der Waals surface area contributed by atoms with E-state index in [9.17, 15) is 30.1 Å². The summed E-state index contributed by atoms with van der Waals surface area (Å²) < 4.78 is 0.866. The van der Waals surface area contributed by atoms with Crippen LogP contribution in [0.15, 0.2) is 59.4 Å². The van der Waals surface area contributed by atoms with Crippen LogP contribution in [-0.2, 0) is 0 Å². The number of nitrogens with zero attached hydrogens (tertiary/aromatic N) is 4. The largest absolute Gasteiger partial charge is 0.476 e. The van der Waals surface area contributed by atoms with Gasteiger partial charge in [-0.05, 0) is 29.8 Å². The van der Waals surface area contributed by atoms with Crippen molar-refractivity contribution in [3.05, 3.63) is 97.4 Å². The maximum absolute atomic E-state index is 12.7. The molecule has 0 saturated carbocycles. The molecule has 0 bridgehead atoms. The average molecular weight is 388 g/mol. The molecule has 0 unspecified atom stereocenters. The summed E-state index contributed by atoms with van der Waals surface area (Å²) in [6, 6.07) is 15.4. The molecule has 3 aromatic rings. The molecular weight excluding hydrogens is 376 g/mol. The minimum atomic E-state index is -1.41. The Morgan fingerprint density at radius 3 is 2.34 bits per heavy atom. The third-order valence-electron chi connectivity index (χ3n) is 3.99. The molecule has 1 N–H and O–H groups in total. The van der Waals surface area contributed by atoms with Crippen molar-refractivity contribution in [2.24, 2.45) is 0 Å². The zero-order valence-corrected chi connectivity index (χ0v) is 14.7. The van der Waals surface area contributed by atoms with Crippen LogP contribution < -0.4 is 5.56 Å². The van der Waals surface area contributed by atoms with Gasteiger partial charge in [0.15, 0.2) is 5.69 Å². The summed E-state index contributed by atoms with van der Waals surface area (Å²) in [7, 11) is 0. The van der Waals surface area contributed by atoms with E-state index >= 15 is 0 Å². The lowest BCUT2D eigenvalue weighted by atomic mass is 10.1. The predicted octanol–water partition coefficient (Wildman–Crippen LogP) is 2.88. The van der Waals surface area contributed by atoms with Crippen molar-refractivity contribution in [2.75, 3.05) is 0 Å². The van der Waals surface area contributed by atoms with Crippen LogP contribution >= 0.6 is 0 Å². The Hall–Kier alpha value is -4.58. The third kappa shape index (κ3) is 3.91. The molecule has 1 aromatic heterocycles. The van der Waals surface area contributed by atoms with Gasteiger partial charge in [-0.3, -0.25) is 14.9 Å². The standard InChI is InChI=1S/C20H12N4O5/c21-12-17-16(11-8-13-6-9-15(10-7-13)24(28)29)18(20(26)27)22-23(19(17)25)14-4-2-1-3-5-14/h1-11H,(H,26,27)/b11-8-. The first-order valence-electron chi connectivity index (χ1n) is 8.21. The number of nitriles is 1. The number of para-hydroxylation sites is 1. The molecule has 0 radical (unpaired) electrons. The molecule has 29 heavy (non-hydrogen) atoms. The SMILES string of the molecule is N#Cc1c(/C=C\c2ccc([N+](=O)[O-])cc2)c(C(=O)O)nn(-c2ccccc2)c1=O. The fraction of sp³-hybridized carbons (Fsp3) is 0. The van der Waals surface area contributed by atoms with Crippen LogP contribution in [0, 0.1) is 21.4 Å². The Morgan fingerprint density at radius 1 is 1.14 bits per heavy atom. The first kappa shape index (κ1) is 19.2. The Labute approximate surface area is 163 Å². The lowest BCUT2D eigenvalue weighted by Gasteiger charge is -2.09. The molecule has 9 heteroatoms. The second-order valence-electron chi connectivity index (χ2n) is 5.79. The highest BCUT2D eigenvalue weighted by molar-refractivity contribution is 5.92. The number of hydrogen-bond acceptors (Lipinski definition) is 6. The molecular formula is C20H12N4O5. The van der Waals surface area contributed by atoms with Crippen LogP contribution in [0.4, 0.5) is 5.69 Å². The number of aromatic nitrogens is 2. The van der Waals surface area contributed by atoms with Crippen molar-refractivity contribution in [3.8, 4) is 11.8 Å². The van der Waals surface area contributed by atoms with E-state index < -0.39 is 22.1 Å². The van der Waals surface area contributed by atoms with Gasteiger partial charge < -0.3 is 5.11 Å². The molecule has 142 valence electrons. The number of carboxylic acid groups (broad SMARTS) is 1. The summed E-state index contributed by atoms with van der Waals surface area (Å²) in [6.07, 6.45) is 2.73. The van der Waals surface area contributed by atoms with Gasteiger partial charge in [0.25, 0.3) is 11.2 Å². The van der Waals surface area contributed by atoms with Crippen molar-refractivity contribution in [2.45, 2.75) is 0 Å². The molecule has 0 aliphatic rings. The highest BCUT2D eigenvalue weighted by atomic mass is 16.6. The van der Waals surface area contributed by atoms with Gasteiger partial charge in [0, 0.05) is 17.7 Å². The van der Waals surface area contributed by atoms with Gasteiger partial charge in [-0.25, -0.2) is 4.79 Å². The number of hydrogen-bond donors (Lipinski definition) is 1. The zero-order chi connectivity index (χ0) is 21.0. The van der Waals surface area contributed by atoms with Crippen molar-refractivity contribution >= 4 is 23.8 Å². The number of carboxylic acids is 1. The van der Waals surface area contributed by atoms with Gasteiger partial charge in [-0.15, -0.1) is 0 Å². The van der Waals surface area contributed by atoms with Gasteiger partial charge in [0.1, 0.15) is 11.6 Å². The van der Waals surface area contributed by atoms with E-state index in [1.54, 1.807) is 36.4 Å². The number of nitro benzene ring substituents is 1. The summed E-state index contributed by atoms with van der Waals surface area (Å²) in [5.41, 5.74) is -1.01. The van der Waals surface area contributed by atoms with Crippen molar-refractivity contribution in [3.63, 3.8) is 0 Å². The summed E-state index contributed by atoms with van der Waals surface area (Å²) in [5.74, 6) is -1.41. The zero-order valence-electron chi connectivity index (χ0n) is 14.7. The normalized spacial score (nSPS) is 10.6. The Balaban J connectivity index is 2.14. The number of carbonyl (C=O) groups is 1. The summed E-state index contributed by atoms with van der Waals surface area (Å²) in [6.45, 7) is 0. The van der Waals surface area contributed by atoms with Gasteiger partial charge in [-0.1, -0.05) is 30.4 Å². The number of benzene rings is 2. The molecule has 0 amide bonds. The van der Waals surface area contributed by atoms with Crippen LogP contribution in [-0.4, -0.2) is 25.8 Å². The number of non-ortho nitro benzene ring substituents is 1. The first-order valence-corrected chi connectivity index (χ1v) is 8.21. The summed E-state index contributed by atoms with van der Waals surface area (Å²) in [4.78, 5) is 34.6. The summed E-state index contributed by atoms with van der Waals surface area (Å²) in [5, 5.41) is 33.7. The second-order valence-corrected chi connectivity index (χ2v) is 5.79. The van der Waals surface area contributed by atoms with Crippen LogP contribution in [0.5, 0.6) is 0 Å². The minimum absolute atomic E-state index is 0.0989. The van der Waals surface area contributed by atoms with E-state index in [4.69, 9.17) is 0 Å². The third-order valence-corrected chi connectivity index (χ3v) is 3.99. The Morgan fingerprint density at radius 2 is 1.79 bits per heavy atom. The number of nitro groups is 1. The molecule has 3 rings (SSSR count). The van der Waals surface area contributed by atoms with E-state index in [1.807, 2.05) is 0 Å². The van der Waals surface area contributed by atoms with Gasteiger partial charge in [0.05, 0.1) is 10.6 Å². The lowest BCUT2D eigenvalue weighted by molar-refractivity contribution is -0.384. The molecule has 0 aliphatic heterocycles. The van der Waals surface area contributed by atoms with Crippen LogP contribution in [0.2, 0.25) is 0 Å². The maximum atomic E-state index is 12.7. The average Bonchev–Trinajstić information content (AvgIpc) is 2.72. The van der Waals surface area contributed by atoms with Crippen LogP contribution in [0.3, 0.4) is 0 Å². The van der Waals surface area contributed by atoms with Gasteiger partial charge in [0.2, 0.25) is 0 Å². The molecule has 9 nitrogen and oxygen atoms in total. The monoisotopic (exact) mass is 388 g/mol. The topological polar surface area (TPSA) is 139 Å². The molecule has 1 heterocycles. The van der Waals surface area contributed by atoms with Gasteiger partial charge >= 0.3 is 5.97 Å². The molecule has 0 spiro atoms. The van der Waals surface area contributed by atoms with Crippen molar-refractivity contribution in [1.82, 2.24) is 9.78 Å². The summed E-state index contributed by atoms with van der Waals surface area (Å²) >= 11 is 0.